The lowest BCUT2D eigenvalue weighted by molar-refractivity contribution is -0.111. The van der Waals surface area contributed by atoms with Crippen LogP contribution < -0.4 is 10.6 Å². The van der Waals surface area contributed by atoms with Crippen molar-refractivity contribution in [1.29, 1.82) is 0 Å². The summed E-state index contributed by atoms with van der Waals surface area (Å²) in [6.07, 6.45) is 2.16. The molecule has 0 aliphatic carbocycles. The first-order valence-corrected chi connectivity index (χ1v) is 8.55. The minimum atomic E-state index is -1.04. The van der Waals surface area contributed by atoms with E-state index in [2.05, 4.69) is 10.6 Å². The molecule has 0 saturated carbocycles. The molecule has 0 atom stereocenters. The van der Waals surface area contributed by atoms with Crippen LogP contribution in [0, 0.1) is 0 Å². The van der Waals surface area contributed by atoms with Crippen molar-refractivity contribution in [3.8, 4) is 0 Å². The van der Waals surface area contributed by atoms with E-state index in [-0.39, 0.29) is 5.56 Å². The first kappa shape index (κ1) is 20.7. The molecule has 0 fully saturated rings. The number of nitrogens with one attached hydrogen (secondary N) is 2. The van der Waals surface area contributed by atoms with Gasteiger partial charge in [0, 0.05) is 6.08 Å². The molecule has 7 nitrogen and oxygen atoms in total. The largest absolute Gasteiger partial charge is 0.478 e. The molecule has 2 aromatic carbocycles. The molecule has 28 heavy (non-hydrogen) atoms. The molecule has 2 aromatic rings. The number of rotatable bonds is 5. The SMILES string of the molecule is CC(C)(C)OC(=O)Nc1ccccc1NC(=O)C=Cc1cccc(C(=O)O)c1. The van der Waals surface area contributed by atoms with E-state index >= 15 is 0 Å². The molecule has 146 valence electrons. The van der Waals surface area contributed by atoms with Gasteiger partial charge in [-0.15, -0.1) is 0 Å². The molecule has 2 rings (SSSR count). The van der Waals surface area contributed by atoms with Crippen molar-refractivity contribution in [2.45, 2.75) is 26.4 Å². The zero-order valence-corrected chi connectivity index (χ0v) is 15.9. The molecule has 0 aromatic heterocycles. The lowest BCUT2D eigenvalue weighted by atomic mass is 10.1. The van der Waals surface area contributed by atoms with Crippen molar-refractivity contribution < 1.29 is 24.2 Å². The van der Waals surface area contributed by atoms with Crippen LogP contribution in [0.4, 0.5) is 16.2 Å². The monoisotopic (exact) mass is 382 g/mol. The second-order valence-electron chi connectivity index (χ2n) is 6.93. The Balaban J connectivity index is 2.07. The summed E-state index contributed by atoms with van der Waals surface area (Å²) in [4.78, 5) is 35.2. The number of ether oxygens (including phenoxy) is 1. The van der Waals surface area contributed by atoms with Crippen LogP contribution >= 0.6 is 0 Å². The fourth-order valence-corrected chi connectivity index (χ4v) is 2.24. The number of carboxylic acids is 1. The van der Waals surface area contributed by atoms with Crippen molar-refractivity contribution in [1.82, 2.24) is 0 Å². The molecule has 2 amide bonds. The quantitative estimate of drug-likeness (QED) is 0.666. The van der Waals surface area contributed by atoms with Gasteiger partial charge in [-0.05, 0) is 56.7 Å². The van der Waals surface area contributed by atoms with Gasteiger partial charge in [0.2, 0.25) is 5.91 Å². The van der Waals surface area contributed by atoms with Crippen LogP contribution in [0.25, 0.3) is 6.08 Å². The number of carbonyl (C=O) groups is 3. The zero-order chi connectivity index (χ0) is 20.7. The van der Waals surface area contributed by atoms with Crippen LogP contribution in [0.5, 0.6) is 0 Å². The highest BCUT2D eigenvalue weighted by atomic mass is 16.6. The molecule has 7 heteroatoms. The molecule has 0 spiro atoms. The fourth-order valence-electron chi connectivity index (χ4n) is 2.24. The Labute approximate surface area is 163 Å². The molecule has 0 bridgehead atoms. The predicted molar refractivity (Wildman–Crippen MR) is 107 cm³/mol. The Morgan fingerprint density at radius 2 is 1.61 bits per heavy atom. The predicted octanol–water partition coefficient (Wildman–Crippen LogP) is 4.38. The van der Waals surface area contributed by atoms with Crippen LogP contribution in [0.1, 0.15) is 36.7 Å². The van der Waals surface area contributed by atoms with E-state index in [0.717, 1.165) is 0 Å². The average Bonchev–Trinajstić information content (AvgIpc) is 2.60. The number of hydrogen-bond donors (Lipinski definition) is 3. The number of anilines is 2. The van der Waals surface area contributed by atoms with Crippen LogP contribution in [-0.2, 0) is 9.53 Å². The zero-order valence-electron chi connectivity index (χ0n) is 15.9. The van der Waals surface area contributed by atoms with E-state index in [1.54, 1.807) is 57.2 Å². The van der Waals surface area contributed by atoms with Gasteiger partial charge in [-0.25, -0.2) is 9.59 Å². The summed E-state index contributed by atoms with van der Waals surface area (Å²) in [7, 11) is 0. The van der Waals surface area contributed by atoms with Gasteiger partial charge in [-0.1, -0.05) is 24.3 Å². The van der Waals surface area contributed by atoms with Crippen molar-refractivity contribution in [3.63, 3.8) is 0 Å². The van der Waals surface area contributed by atoms with E-state index in [1.165, 1.54) is 24.3 Å². The van der Waals surface area contributed by atoms with E-state index in [4.69, 9.17) is 9.84 Å². The first-order valence-electron chi connectivity index (χ1n) is 8.55. The van der Waals surface area contributed by atoms with Gasteiger partial charge in [-0.3, -0.25) is 10.1 Å². The summed E-state index contributed by atoms with van der Waals surface area (Å²) in [5.74, 6) is -1.47. The Morgan fingerprint density at radius 3 is 2.21 bits per heavy atom. The van der Waals surface area contributed by atoms with Gasteiger partial charge >= 0.3 is 12.1 Å². The van der Waals surface area contributed by atoms with E-state index in [9.17, 15) is 14.4 Å². The van der Waals surface area contributed by atoms with Crippen LogP contribution in [-0.4, -0.2) is 28.7 Å². The highest BCUT2D eigenvalue weighted by Crippen LogP contribution is 2.22. The Morgan fingerprint density at radius 1 is 0.964 bits per heavy atom. The standard InChI is InChI=1S/C21H22N2O5/c1-21(2,3)28-20(27)23-17-10-5-4-9-16(17)22-18(24)12-11-14-7-6-8-15(13-14)19(25)26/h4-13H,1-3H3,(H,22,24)(H,23,27)(H,25,26). The van der Waals surface area contributed by atoms with Gasteiger partial charge in [0.1, 0.15) is 5.60 Å². The molecule has 0 heterocycles. The summed E-state index contributed by atoms with van der Waals surface area (Å²) >= 11 is 0. The van der Waals surface area contributed by atoms with Gasteiger partial charge in [0.15, 0.2) is 0 Å². The average molecular weight is 382 g/mol. The third kappa shape index (κ3) is 6.60. The van der Waals surface area contributed by atoms with Crippen LogP contribution in [0.2, 0.25) is 0 Å². The third-order valence-electron chi connectivity index (χ3n) is 3.38. The number of carboxylic acid groups (broad SMARTS) is 1. The summed E-state index contributed by atoms with van der Waals surface area (Å²) in [5.41, 5.74) is 0.869. The first-order chi connectivity index (χ1) is 13.1. The highest BCUT2D eigenvalue weighted by molar-refractivity contribution is 6.05. The van der Waals surface area contributed by atoms with Crippen LogP contribution in [0.3, 0.4) is 0 Å². The van der Waals surface area contributed by atoms with Gasteiger partial charge in [0.25, 0.3) is 0 Å². The number of amides is 2. The number of carbonyl (C=O) groups excluding carboxylic acids is 2. The molecule has 0 unspecified atom stereocenters. The Kier molecular flexibility index (Phi) is 6.55. The van der Waals surface area contributed by atoms with E-state index in [1.807, 2.05) is 0 Å². The van der Waals surface area contributed by atoms with Gasteiger partial charge in [0.05, 0.1) is 16.9 Å². The Bertz CT molecular complexity index is 913. The smallest absolute Gasteiger partial charge is 0.412 e. The van der Waals surface area contributed by atoms with Crippen LogP contribution in [0.15, 0.2) is 54.6 Å². The van der Waals surface area contributed by atoms with Gasteiger partial charge < -0.3 is 15.2 Å². The Hall–Kier alpha value is -3.61. The molecule has 0 saturated heterocycles. The van der Waals surface area contributed by atoms with Crippen molar-refractivity contribution in [2.75, 3.05) is 10.6 Å². The highest BCUT2D eigenvalue weighted by Gasteiger charge is 2.17. The summed E-state index contributed by atoms with van der Waals surface area (Å²) < 4.78 is 5.21. The molecule has 0 aliphatic rings. The third-order valence-corrected chi connectivity index (χ3v) is 3.38. The number of benzene rings is 2. The van der Waals surface area contributed by atoms with Crippen molar-refractivity contribution in [3.05, 3.63) is 65.7 Å². The van der Waals surface area contributed by atoms with Crippen molar-refractivity contribution in [2.24, 2.45) is 0 Å². The second-order valence-corrected chi connectivity index (χ2v) is 6.93. The molecular formula is C21H22N2O5. The maximum absolute atomic E-state index is 12.2. The maximum Gasteiger partial charge on any atom is 0.412 e. The lowest BCUT2D eigenvalue weighted by Gasteiger charge is -2.20. The topological polar surface area (TPSA) is 105 Å². The minimum Gasteiger partial charge on any atom is -0.478 e. The number of hydrogen-bond acceptors (Lipinski definition) is 4. The number of para-hydroxylation sites is 2. The molecule has 0 aliphatic heterocycles. The summed E-state index contributed by atoms with van der Waals surface area (Å²) in [5, 5.41) is 14.3. The molecule has 0 radical (unpaired) electrons. The molecule has 3 N–H and O–H groups in total. The van der Waals surface area contributed by atoms with Crippen molar-refractivity contribution >= 4 is 35.4 Å². The summed E-state index contributed by atoms with van der Waals surface area (Å²) in [6, 6.07) is 12.9. The minimum absolute atomic E-state index is 0.134. The normalized spacial score (nSPS) is 11.1. The fraction of sp³-hybridized carbons (Fsp3) is 0.190. The van der Waals surface area contributed by atoms with Gasteiger partial charge in [-0.2, -0.15) is 0 Å². The summed E-state index contributed by atoms with van der Waals surface area (Å²) in [6.45, 7) is 5.26. The molecular weight excluding hydrogens is 360 g/mol. The maximum atomic E-state index is 12.2. The lowest BCUT2D eigenvalue weighted by Crippen LogP contribution is -2.27. The number of aromatic carboxylic acids is 1. The van der Waals surface area contributed by atoms with E-state index < -0.39 is 23.6 Å². The van der Waals surface area contributed by atoms with E-state index in [0.29, 0.717) is 16.9 Å². The second kappa shape index (κ2) is 8.85.